The first-order valence-corrected chi connectivity index (χ1v) is 7.98. The van der Waals surface area contributed by atoms with Crippen molar-refractivity contribution in [2.24, 2.45) is 0 Å². The van der Waals surface area contributed by atoms with Crippen molar-refractivity contribution in [2.75, 3.05) is 37.6 Å². The van der Waals surface area contributed by atoms with Gasteiger partial charge in [0, 0.05) is 37.6 Å². The lowest BCUT2D eigenvalue weighted by molar-refractivity contribution is 0.271. The van der Waals surface area contributed by atoms with Crippen LogP contribution < -0.4 is 4.90 Å². The van der Waals surface area contributed by atoms with Crippen LogP contribution in [0.3, 0.4) is 0 Å². The van der Waals surface area contributed by atoms with E-state index in [0.717, 1.165) is 43.9 Å². The van der Waals surface area contributed by atoms with Crippen LogP contribution in [0.1, 0.15) is 18.1 Å². The van der Waals surface area contributed by atoms with Crippen LogP contribution in [0.25, 0.3) is 0 Å². The van der Waals surface area contributed by atoms with Crippen molar-refractivity contribution in [3.8, 4) is 0 Å². The molecule has 1 aliphatic rings. The summed E-state index contributed by atoms with van der Waals surface area (Å²) < 4.78 is 21.7. The number of hydrogen-bond acceptors (Lipinski definition) is 4. The lowest BCUT2D eigenvalue weighted by Crippen LogP contribution is -2.46. The number of rotatable bonds is 4. The molecule has 1 heterocycles. The molecule has 1 fully saturated rings. The molecule has 0 spiro atoms. The highest BCUT2D eigenvalue weighted by Gasteiger charge is 2.17. The van der Waals surface area contributed by atoms with E-state index in [0.29, 0.717) is 0 Å². The third-order valence-corrected chi connectivity index (χ3v) is 4.40. The molecular formula is C14H21N2O2S-. The van der Waals surface area contributed by atoms with E-state index < -0.39 is 11.1 Å². The lowest BCUT2D eigenvalue weighted by Gasteiger charge is -2.36. The minimum absolute atomic E-state index is 0.106. The molecule has 106 valence electrons. The Bertz CT molecular complexity index is 457. The van der Waals surface area contributed by atoms with Crippen LogP contribution in [0.15, 0.2) is 18.2 Å². The molecule has 0 amide bonds. The second kappa shape index (κ2) is 6.50. The third kappa shape index (κ3) is 3.55. The van der Waals surface area contributed by atoms with Gasteiger partial charge in [-0.25, -0.2) is 0 Å². The van der Waals surface area contributed by atoms with Gasteiger partial charge in [0.05, 0.1) is 0 Å². The van der Waals surface area contributed by atoms with Gasteiger partial charge in [0.25, 0.3) is 0 Å². The smallest absolute Gasteiger partial charge is 0.0399 e. The molecule has 0 aliphatic carbocycles. The molecule has 0 bridgehead atoms. The molecular weight excluding hydrogens is 260 g/mol. The van der Waals surface area contributed by atoms with E-state index in [9.17, 15) is 8.76 Å². The van der Waals surface area contributed by atoms with Crippen LogP contribution >= 0.6 is 0 Å². The normalized spacial score (nSPS) is 18.6. The summed E-state index contributed by atoms with van der Waals surface area (Å²) in [5, 5.41) is 0. The lowest BCUT2D eigenvalue weighted by atomic mass is 10.1. The predicted octanol–water partition coefficient (Wildman–Crippen LogP) is 1.52. The van der Waals surface area contributed by atoms with Gasteiger partial charge in [-0.05, 0) is 30.7 Å². The van der Waals surface area contributed by atoms with Crippen molar-refractivity contribution >= 4 is 16.8 Å². The Hall–Kier alpha value is -0.910. The highest BCUT2D eigenvalue weighted by atomic mass is 32.2. The van der Waals surface area contributed by atoms with E-state index >= 15 is 0 Å². The van der Waals surface area contributed by atoms with Gasteiger partial charge in [-0.15, -0.1) is 0 Å². The maximum absolute atomic E-state index is 10.9. The van der Waals surface area contributed by atoms with Gasteiger partial charge in [-0.3, -0.25) is 4.21 Å². The molecule has 1 saturated heterocycles. The number of anilines is 1. The maximum atomic E-state index is 10.9. The summed E-state index contributed by atoms with van der Waals surface area (Å²) in [5.41, 5.74) is 3.18. The second-order valence-electron chi connectivity index (χ2n) is 4.93. The van der Waals surface area contributed by atoms with Crippen molar-refractivity contribution in [3.63, 3.8) is 0 Å². The SMILES string of the molecule is CCN1CCN(c2cccc(CS(=O)[O-])c2C)CC1. The molecule has 0 N–H and O–H groups in total. The molecule has 0 radical (unpaired) electrons. The molecule has 1 atom stereocenters. The van der Waals surface area contributed by atoms with Crippen molar-refractivity contribution in [3.05, 3.63) is 29.3 Å². The Balaban J connectivity index is 2.14. The molecule has 5 heteroatoms. The highest BCUT2D eigenvalue weighted by molar-refractivity contribution is 7.78. The third-order valence-electron chi connectivity index (χ3n) is 3.85. The van der Waals surface area contributed by atoms with Crippen molar-refractivity contribution in [1.29, 1.82) is 0 Å². The molecule has 4 nitrogen and oxygen atoms in total. The van der Waals surface area contributed by atoms with E-state index in [1.165, 1.54) is 5.69 Å². The molecule has 2 rings (SSSR count). The van der Waals surface area contributed by atoms with Crippen LogP contribution in [0.5, 0.6) is 0 Å². The van der Waals surface area contributed by atoms with Crippen LogP contribution in [0.4, 0.5) is 5.69 Å². The topological polar surface area (TPSA) is 46.6 Å². The molecule has 19 heavy (non-hydrogen) atoms. The molecule has 0 saturated carbocycles. The number of piperazine rings is 1. The van der Waals surface area contributed by atoms with Gasteiger partial charge in [0.2, 0.25) is 0 Å². The molecule has 1 aromatic carbocycles. The number of benzene rings is 1. The van der Waals surface area contributed by atoms with Gasteiger partial charge in [0.1, 0.15) is 0 Å². The van der Waals surface area contributed by atoms with E-state index in [4.69, 9.17) is 0 Å². The van der Waals surface area contributed by atoms with Crippen LogP contribution in [-0.4, -0.2) is 46.4 Å². The molecule has 1 aliphatic heterocycles. The van der Waals surface area contributed by atoms with Crippen LogP contribution in [0.2, 0.25) is 0 Å². The number of likely N-dealkylation sites (N-methyl/N-ethyl adjacent to an activating group) is 1. The van der Waals surface area contributed by atoms with E-state index in [-0.39, 0.29) is 5.75 Å². The van der Waals surface area contributed by atoms with Crippen molar-refractivity contribution in [2.45, 2.75) is 19.6 Å². The maximum Gasteiger partial charge on any atom is 0.0399 e. The molecule has 1 unspecified atom stereocenters. The molecule has 0 aromatic heterocycles. The minimum atomic E-state index is -2.02. The van der Waals surface area contributed by atoms with E-state index in [1.54, 1.807) is 0 Å². The van der Waals surface area contributed by atoms with Crippen LogP contribution in [0, 0.1) is 6.92 Å². The summed E-state index contributed by atoms with van der Waals surface area (Å²) in [6, 6.07) is 5.95. The van der Waals surface area contributed by atoms with Crippen LogP contribution in [-0.2, 0) is 16.8 Å². The Morgan fingerprint density at radius 2 is 1.95 bits per heavy atom. The summed E-state index contributed by atoms with van der Waals surface area (Å²) in [7, 11) is 0. The van der Waals surface area contributed by atoms with E-state index in [1.807, 2.05) is 19.1 Å². The molecule has 1 aromatic rings. The van der Waals surface area contributed by atoms with Gasteiger partial charge < -0.3 is 14.4 Å². The standard InChI is InChI=1S/C14H22N2O2S/c1-3-15-7-9-16(10-8-15)14-6-4-5-13(12(14)2)11-19(17)18/h4-6H,3,7-11H2,1-2H3,(H,17,18)/p-1. The average Bonchev–Trinajstić information content (AvgIpc) is 2.41. The average molecular weight is 281 g/mol. The summed E-state index contributed by atoms with van der Waals surface area (Å²) in [5.74, 6) is 0.106. The van der Waals surface area contributed by atoms with Gasteiger partial charge in [-0.2, -0.15) is 0 Å². The first-order chi connectivity index (χ1) is 9.11. The van der Waals surface area contributed by atoms with E-state index in [2.05, 4.69) is 22.8 Å². The fourth-order valence-electron chi connectivity index (χ4n) is 2.60. The predicted molar refractivity (Wildman–Crippen MR) is 78.1 cm³/mol. The Morgan fingerprint density at radius 1 is 1.26 bits per heavy atom. The fourth-order valence-corrected chi connectivity index (χ4v) is 3.17. The zero-order valence-electron chi connectivity index (χ0n) is 11.6. The Kier molecular flexibility index (Phi) is 4.96. The van der Waals surface area contributed by atoms with Gasteiger partial charge in [-0.1, -0.05) is 30.1 Å². The monoisotopic (exact) mass is 281 g/mol. The first kappa shape index (κ1) is 14.5. The van der Waals surface area contributed by atoms with Gasteiger partial charge in [0.15, 0.2) is 0 Å². The first-order valence-electron chi connectivity index (χ1n) is 6.73. The fraction of sp³-hybridized carbons (Fsp3) is 0.571. The van der Waals surface area contributed by atoms with Gasteiger partial charge >= 0.3 is 0 Å². The van der Waals surface area contributed by atoms with Crippen molar-refractivity contribution < 1.29 is 8.76 Å². The zero-order valence-corrected chi connectivity index (χ0v) is 12.4. The summed E-state index contributed by atoms with van der Waals surface area (Å²) >= 11 is -2.02. The summed E-state index contributed by atoms with van der Waals surface area (Å²) in [4.78, 5) is 4.79. The quantitative estimate of drug-likeness (QED) is 0.785. The summed E-state index contributed by atoms with van der Waals surface area (Å²) in [6.45, 7) is 9.48. The largest absolute Gasteiger partial charge is 0.772 e. The second-order valence-corrected chi connectivity index (χ2v) is 5.83. The summed E-state index contributed by atoms with van der Waals surface area (Å²) in [6.07, 6.45) is 0. The highest BCUT2D eigenvalue weighted by Crippen LogP contribution is 2.25. The Labute approximate surface area is 117 Å². The van der Waals surface area contributed by atoms with Crippen molar-refractivity contribution in [1.82, 2.24) is 4.90 Å². The number of hydrogen-bond donors (Lipinski definition) is 0. The minimum Gasteiger partial charge on any atom is -0.772 e. The zero-order chi connectivity index (χ0) is 13.8. The Morgan fingerprint density at radius 3 is 2.53 bits per heavy atom. The number of nitrogens with zero attached hydrogens (tertiary/aromatic N) is 2.